The van der Waals surface area contributed by atoms with Gasteiger partial charge in [0.1, 0.15) is 0 Å². The molecule has 3 rings (SSSR count). The molecule has 0 bridgehead atoms. The Hall–Kier alpha value is -1.85. The van der Waals surface area contributed by atoms with Crippen LogP contribution in [-0.2, 0) is 10.2 Å². The van der Waals surface area contributed by atoms with Gasteiger partial charge in [0.15, 0.2) is 0 Å². The van der Waals surface area contributed by atoms with Gasteiger partial charge in [-0.3, -0.25) is 0 Å². The Morgan fingerprint density at radius 3 is 2.58 bits per heavy atom. The fourth-order valence-electron chi connectivity index (χ4n) is 3.38. The third kappa shape index (κ3) is 3.62. The van der Waals surface area contributed by atoms with Crippen LogP contribution >= 0.6 is 11.3 Å². The van der Waals surface area contributed by atoms with E-state index in [-0.39, 0.29) is 11.4 Å². The lowest BCUT2D eigenvalue weighted by molar-refractivity contribution is 0.0506. The molecule has 1 aliphatic heterocycles. The first-order valence-corrected chi connectivity index (χ1v) is 9.26. The lowest BCUT2D eigenvalue weighted by Crippen LogP contribution is -2.46. The molecule has 1 fully saturated rings. The van der Waals surface area contributed by atoms with Crippen molar-refractivity contribution in [3.8, 4) is 0 Å². The molecule has 0 spiro atoms. The number of aryl methyl sites for hydroxylation is 2. The predicted octanol–water partition coefficient (Wildman–Crippen LogP) is 4.23. The van der Waals surface area contributed by atoms with Crippen LogP contribution < -0.4 is 10.6 Å². The van der Waals surface area contributed by atoms with E-state index >= 15 is 0 Å². The van der Waals surface area contributed by atoms with Crippen LogP contribution in [0.5, 0.6) is 0 Å². The maximum absolute atomic E-state index is 12.3. The van der Waals surface area contributed by atoms with E-state index in [1.165, 1.54) is 11.1 Å². The minimum Gasteiger partial charge on any atom is -0.381 e. The summed E-state index contributed by atoms with van der Waals surface area (Å²) in [6.45, 7) is 6.24. The van der Waals surface area contributed by atoms with Gasteiger partial charge in [0.2, 0.25) is 0 Å². The topological polar surface area (TPSA) is 50.4 Å². The monoisotopic (exact) mass is 344 g/mol. The molecular formula is C19H24N2O2S. The van der Waals surface area contributed by atoms with Crippen molar-refractivity contribution in [1.29, 1.82) is 0 Å². The van der Waals surface area contributed by atoms with Gasteiger partial charge in [-0.1, -0.05) is 24.3 Å². The van der Waals surface area contributed by atoms with Gasteiger partial charge >= 0.3 is 6.03 Å². The van der Waals surface area contributed by atoms with E-state index in [0.717, 1.165) is 37.3 Å². The number of ether oxygens (including phenoxy) is 1. The van der Waals surface area contributed by atoms with Crippen LogP contribution in [0.15, 0.2) is 35.0 Å². The van der Waals surface area contributed by atoms with Crippen LogP contribution in [-0.4, -0.2) is 25.8 Å². The van der Waals surface area contributed by atoms with Gasteiger partial charge in [-0.15, -0.1) is 11.3 Å². The summed E-state index contributed by atoms with van der Waals surface area (Å²) in [6, 6.07) is 8.32. The van der Waals surface area contributed by atoms with Gasteiger partial charge in [-0.05, 0) is 48.8 Å². The minimum absolute atomic E-state index is 0.0510. The Kier molecular flexibility index (Phi) is 5.21. The lowest BCUT2D eigenvalue weighted by Gasteiger charge is -2.39. The number of rotatable bonds is 4. The molecule has 1 saturated heterocycles. The van der Waals surface area contributed by atoms with Gasteiger partial charge in [0.25, 0.3) is 0 Å². The summed E-state index contributed by atoms with van der Waals surface area (Å²) in [4.78, 5) is 12.3. The van der Waals surface area contributed by atoms with Crippen LogP contribution in [0.3, 0.4) is 0 Å². The first-order valence-electron chi connectivity index (χ1n) is 8.32. The molecule has 2 heterocycles. The number of benzene rings is 1. The number of urea groups is 1. The Balaban J connectivity index is 1.72. The molecule has 0 aliphatic carbocycles. The zero-order chi connectivity index (χ0) is 17.0. The lowest BCUT2D eigenvalue weighted by atomic mass is 9.72. The van der Waals surface area contributed by atoms with E-state index in [0.29, 0.717) is 6.54 Å². The largest absolute Gasteiger partial charge is 0.381 e. The number of nitrogens with one attached hydrogen (secondary N) is 2. The first-order chi connectivity index (χ1) is 11.6. The smallest absolute Gasteiger partial charge is 0.319 e. The molecule has 2 aromatic rings. The summed E-state index contributed by atoms with van der Waals surface area (Å²) in [6.07, 6.45) is 1.85. The fraction of sp³-hybridized carbons (Fsp3) is 0.421. The number of carbonyl (C=O) groups excluding carboxylic acids is 1. The normalized spacial score (nSPS) is 16.6. The Morgan fingerprint density at radius 1 is 1.17 bits per heavy atom. The van der Waals surface area contributed by atoms with Crippen molar-refractivity contribution in [3.05, 3.63) is 51.7 Å². The molecule has 0 unspecified atom stereocenters. The predicted molar refractivity (Wildman–Crippen MR) is 99.0 cm³/mol. The second kappa shape index (κ2) is 7.36. The van der Waals surface area contributed by atoms with Crippen LogP contribution in [0.2, 0.25) is 0 Å². The molecule has 0 atom stereocenters. The highest BCUT2D eigenvalue weighted by atomic mass is 32.1. The van der Waals surface area contributed by atoms with Crippen molar-refractivity contribution in [2.75, 3.05) is 25.1 Å². The molecule has 4 nitrogen and oxygen atoms in total. The number of amides is 2. The molecule has 1 aliphatic rings. The quantitative estimate of drug-likeness (QED) is 0.872. The van der Waals surface area contributed by atoms with E-state index in [1.807, 2.05) is 17.7 Å². The molecule has 1 aromatic carbocycles. The van der Waals surface area contributed by atoms with Crippen molar-refractivity contribution in [3.63, 3.8) is 0 Å². The van der Waals surface area contributed by atoms with Gasteiger partial charge in [0, 0.05) is 30.6 Å². The number of carbonyl (C=O) groups is 1. The SMILES string of the molecule is Cc1cscc1NC(=O)NCC1(c2ccccc2C)CCOCC1. The summed E-state index contributed by atoms with van der Waals surface area (Å²) in [5.74, 6) is 0. The Labute approximate surface area is 147 Å². The molecule has 24 heavy (non-hydrogen) atoms. The highest BCUT2D eigenvalue weighted by Gasteiger charge is 2.35. The summed E-state index contributed by atoms with van der Waals surface area (Å²) >= 11 is 1.59. The van der Waals surface area contributed by atoms with E-state index in [2.05, 4.69) is 41.8 Å². The van der Waals surface area contributed by atoms with Gasteiger partial charge in [-0.25, -0.2) is 4.79 Å². The van der Waals surface area contributed by atoms with Gasteiger partial charge < -0.3 is 15.4 Å². The molecular weight excluding hydrogens is 320 g/mol. The average molecular weight is 344 g/mol. The molecule has 0 radical (unpaired) electrons. The second-order valence-electron chi connectivity index (χ2n) is 6.48. The highest BCUT2D eigenvalue weighted by Crippen LogP contribution is 2.36. The molecule has 5 heteroatoms. The second-order valence-corrected chi connectivity index (χ2v) is 7.23. The van der Waals surface area contributed by atoms with Gasteiger partial charge in [-0.2, -0.15) is 0 Å². The molecule has 2 amide bonds. The number of hydrogen-bond acceptors (Lipinski definition) is 3. The number of anilines is 1. The van der Waals surface area contributed by atoms with E-state index in [9.17, 15) is 4.79 Å². The van der Waals surface area contributed by atoms with E-state index in [1.54, 1.807) is 11.3 Å². The maximum Gasteiger partial charge on any atom is 0.319 e. The zero-order valence-electron chi connectivity index (χ0n) is 14.2. The molecule has 2 N–H and O–H groups in total. The third-order valence-corrected chi connectivity index (χ3v) is 5.72. The molecule has 128 valence electrons. The van der Waals surface area contributed by atoms with Crippen LogP contribution in [0.4, 0.5) is 10.5 Å². The highest BCUT2D eigenvalue weighted by molar-refractivity contribution is 7.08. The minimum atomic E-state index is -0.143. The summed E-state index contributed by atoms with van der Waals surface area (Å²) in [5.41, 5.74) is 4.52. The van der Waals surface area contributed by atoms with Crippen LogP contribution in [0.1, 0.15) is 29.5 Å². The van der Waals surface area contributed by atoms with Crippen molar-refractivity contribution < 1.29 is 9.53 Å². The first kappa shape index (κ1) is 17.0. The van der Waals surface area contributed by atoms with E-state index in [4.69, 9.17) is 4.74 Å². The summed E-state index contributed by atoms with van der Waals surface area (Å²) < 4.78 is 5.57. The number of thiophene rings is 1. The van der Waals surface area contributed by atoms with Crippen LogP contribution in [0, 0.1) is 13.8 Å². The van der Waals surface area contributed by atoms with Crippen molar-refractivity contribution in [1.82, 2.24) is 5.32 Å². The fourth-order valence-corrected chi connectivity index (χ4v) is 4.16. The van der Waals surface area contributed by atoms with Crippen molar-refractivity contribution in [2.24, 2.45) is 0 Å². The number of hydrogen-bond donors (Lipinski definition) is 2. The summed E-state index contributed by atoms with van der Waals surface area (Å²) in [7, 11) is 0. The van der Waals surface area contributed by atoms with Crippen molar-refractivity contribution >= 4 is 23.1 Å². The van der Waals surface area contributed by atoms with Crippen molar-refractivity contribution in [2.45, 2.75) is 32.1 Å². The average Bonchev–Trinajstić information content (AvgIpc) is 2.99. The Morgan fingerprint density at radius 2 is 1.92 bits per heavy atom. The maximum atomic E-state index is 12.3. The van der Waals surface area contributed by atoms with Crippen LogP contribution in [0.25, 0.3) is 0 Å². The summed E-state index contributed by atoms with van der Waals surface area (Å²) in [5, 5.41) is 10.0. The standard InChI is InChI=1S/C19H24N2O2S/c1-14-5-3-4-6-16(14)19(7-9-23-10-8-19)13-20-18(22)21-17-12-24-11-15(17)2/h3-6,11-12H,7-10,13H2,1-2H3,(H2,20,21,22). The third-order valence-electron chi connectivity index (χ3n) is 4.86. The zero-order valence-corrected chi connectivity index (χ0v) is 15.0. The molecule has 0 saturated carbocycles. The molecule has 1 aromatic heterocycles. The van der Waals surface area contributed by atoms with Gasteiger partial charge in [0.05, 0.1) is 5.69 Å². The van der Waals surface area contributed by atoms with E-state index < -0.39 is 0 Å². The Bertz CT molecular complexity index is 705.